The quantitative estimate of drug-likeness (QED) is 0.943. The summed E-state index contributed by atoms with van der Waals surface area (Å²) < 4.78 is 1.99. The molecule has 1 aliphatic rings. The van der Waals surface area contributed by atoms with E-state index in [-0.39, 0.29) is 11.9 Å². The Morgan fingerprint density at radius 2 is 2.13 bits per heavy atom. The van der Waals surface area contributed by atoms with E-state index in [2.05, 4.69) is 29.0 Å². The molecule has 1 fully saturated rings. The van der Waals surface area contributed by atoms with Gasteiger partial charge in [-0.05, 0) is 37.8 Å². The first-order valence-electron chi connectivity index (χ1n) is 8.50. The van der Waals surface area contributed by atoms with Crippen LogP contribution in [0.3, 0.4) is 0 Å². The SMILES string of the molecule is Cc1cnc2cc(C(=O)NC3CCN(CC(C)C)CC3)ccn12. The average molecular weight is 314 g/mol. The first-order chi connectivity index (χ1) is 11.0. The fourth-order valence-corrected chi connectivity index (χ4v) is 3.29. The second-order valence-corrected chi connectivity index (χ2v) is 6.99. The molecule has 1 amide bonds. The Morgan fingerprint density at radius 3 is 2.83 bits per heavy atom. The minimum absolute atomic E-state index is 0.00969. The number of imidazole rings is 1. The van der Waals surface area contributed by atoms with E-state index in [0.717, 1.165) is 43.8 Å². The zero-order valence-electron chi connectivity index (χ0n) is 14.2. The molecule has 0 atom stereocenters. The molecule has 3 heterocycles. The van der Waals surface area contributed by atoms with Crippen LogP contribution in [0.5, 0.6) is 0 Å². The topological polar surface area (TPSA) is 49.6 Å². The molecule has 0 aromatic carbocycles. The monoisotopic (exact) mass is 314 g/mol. The average Bonchev–Trinajstić information content (AvgIpc) is 2.89. The van der Waals surface area contributed by atoms with Crippen LogP contribution in [0.25, 0.3) is 5.65 Å². The molecule has 3 rings (SSSR count). The number of nitrogens with zero attached hydrogens (tertiary/aromatic N) is 3. The minimum Gasteiger partial charge on any atom is -0.349 e. The van der Waals surface area contributed by atoms with E-state index < -0.39 is 0 Å². The first-order valence-corrected chi connectivity index (χ1v) is 8.50. The molecular weight excluding hydrogens is 288 g/mol. The van der Waals surface area contributed by atoms with Crippen molar-refractivity contribution < 1.29 is 4.79 Å². The predicted molar refractivity (Wildman–Crippen MR) is 91.7 cm³/mol. The van der Waals surface area contributed by atoms with Gasteiger partial charge in [-0.1, -0.05) is 13.8 Å². The van der Waals surface area contributed by atoms with E-state index in [1.54, 1.807) is 0 Å². The highest BCUT2D eigenvalue weighted by Gasteiger charge is 2.21. The lowest BCUT2D eigenvalue weighted by Gasteiger charge is -2.33. The van der Waals surface area contributed by atoms with Crippen molar-refractivity contribution in [1.29, 1.82) is 0 Å². The molecule has 1 aliphatic heterocycles. The van der Waals surface area contributed by atoms with Crippen LogP contribution in [0.2, 0.25) is 0 Å². The van der Waals surface area contributed by atoms with Crippen molar-refractivity contribution in [2.24, 2.45) is 5.92 Å². The lowest BCUT2D eigenvalue weighted by atomic mass is 10.0. The zero-order chi connectivity index (χ0) is 16.4. The van der Waals surface area contributed by atoms with Gasteiger partial charge in [0.25, 0.3) is 5.91 Å². The van der Waals surface area contributed by atoms with Crippen molar-refractivity contribution in [2.45, 2.75) is 39.7 Å². The molecule has 23 heavy (non-hydrogen) atoms. The van der Waals surface area contributed by atoms with Crippen LogP contribution < -0.4 is 5.32 Å². The van der Waals surface area contributed by atoms with Gasteiger partial charge in [-0.3, -0.25) is 4.79 Å². The summed E-state index contributed by atoms with van der Waals surface area (Å²) in [6, 6.07) is 4.00. The molecule has 0 saturated carbocycles. The normalized spacial score (nSPS) is 17.0. The van der Waals surface area contributed by atoms with Crippen molar-refractivity contribution in [3.8, 4) is 0 Å². The van der Waals surface area contributed by atoms with Crippen molar-refractivity contribution in [2.75, 3.05) is 19.6 Å². The molecule has 5 nitrogen and oxygen atoms in total. The number of aromatic nitrogens is 2. The molecule has 2 aromatic rings. The van der Waals surface area contributed by atoms with Gasteiger partial charge < -0.3 is 14.6 Å². The Balaban J connectivity index is 1.58. The summed E-state index contributed by atoms with van der Waals surface area (Å²) >= 11 is 0. The Kier molecular flexibility index (Phi) is 4.66. The first kappa shape index (κ1) is 16.0. The van der Waals surface area contributed by atoms with Gasteiger partial charge in [0.15, 0.2) is 0 Å². The van der Waals surface area contributed by atoms with Crippen molar-refractivity contribution in [1.82, 2.24) is 19.6 Å². The summed E-state index contributed by atoms with van der Waals surface area (Å²) in [4.78, 5) is 19.3. The molecular formula is C18H26N4O. The van der Waals surface area contributed by atoms with Crippen LogP contribution in [-0.2, 0) is 0 Å². The summed E-state index contributed by atoms with van der Waals surface area (Å²) in [7, 11) is 0. The summed E-state index contributed by atoms with van der Waals surface area (Å²) in [5, 5.41) is 3.18. The number of aryl methyl sites for hydroxylation is 1. The number of likely N-dealkylation sites (tertiary alicyclic amines) is 1. The third-order valence-electron chi connectivity index (χ3n) is 4.51. The van der Waals surface area contributed by atoms with Gasteiger partial charge in [-0.2, -0.15) is 0 Å². The fourth-order valence-electron chi connectivity index (χ4n) is 3.29. The van der Waals surface area contributed by atoms with Crippen molar-refractivity contribution in [3.05, 3.63) is 35.8 Å². The summed E-state index contributed by atoms with van der Waals surface area (Å²) in [5.41, 5.74) is 2.58. The van der Waals surface area contributed by atoms with Gasteiger partial charge in [0.05, 0.1) is 0 Å². The number of fused-ring (bicyclic) bond motifs is 1. The Hall–Kier alpha value is -1.88. The number of rotatable bonds is 4. The molecule has 1 saturated heterocycles. The van der Waals surface area contributed by atoms with Crippen LogP contribution in [0, 0.1) is 12.8 Å². The van der Waals surface area contributed by atoms with Crippen LogP contribution in [0.15, 0.2) is 24.5 Å². The van der Waals surface area contributed by atoms with E-state index in [0.29, 0.717) is 11.5 Å². The highest BCUT2D eigenvalue weighted by atomic mass is 16.1. The second-order valence-electron chi connectivity index (χ2n) is 6.99. The zero-order valence-corrected chi connectivity index (χ0v) is 14.2. The van der Waals surface area contributed by atoms with Gasteiger partial charge in [0, 0.05) is 49.3 Å². The molecule has 0 radical (unpaired) electrons. The standard InChI is InChI=1S/C18H26N4O/c1-13(2)12-21-7-5-16(6-8-21)20-18(23)15-4-9-22-14(3)11-19-17(22)10-15/h4,9-11,13,16H,5-8,12H2,1-3H3,(H,20,23). The van der Waals surface area contributed by atoms with Gasteiger partial charge >= 0.3 is 0 Å². The summed E-state index contributed by atoms with van der Waals surface area (Å²) in [6.45, 7) is 9.80. The van der Waals surface area contributed by atoms with Crippen LogP contribution in [-0.4, -0.2) is 45.9 Å². The molecule has 0 aliphatic carbocycles. The number of carbonyl (C=O) groups excluding carboxylic acids is 1. The number of hydrogen-bond acceptors (Lipinski definition) is 3. The van der Waals surface area contributed by atoms with Crippen molar-refractivity contribution >= 4 is 11.6 Å². The Labute approximate surface area is 137 Å². The lowest BCUT2D eigenvalue weighted by Crippen LogP contribution is -2.45. The smallest absolute Gasteiger partial charge is 0.251 e. The van der Waals surface area contributed by atoms with Crippen LogP contribution in [0.1, 0.15) is 42.7 Å². The minimum atomic E-state index is 0.00969. The third kappa shape index (κ3) is 3.72. The molecule has 124 valence electrons. The maximum Gasteiger partial charge on any atom is 0.251 e. The van der Waals surface area contributed by atoms with E-state index in [1.807, 2.05) is 35.9 Å². The highest BCUT2D eigenvalue weighted by Crippen LogP contribution is 2.14. The molecule has 5 heteroatoms. The molecule has 0 unspecified atom stereocenters. The molecule has 1 N–H and O–H groups in total. The van der Waals surface area contributed by atoms with E-state index in [4.69, 9.17) is 0 Å². The van der Waals surface area contributed by atoms with E-state index >= 15 is 0 Å². The van der Waals surface area contributed by atoms with Crippen LogP contribution in [0.4, 0.5) is 0 Å². The third-order valence-corrected chi connectivity index (χ3v) is 4.51. The summed E-state index contributed by atoms with van der Waals surface area (Å²) in [6.07, 6.45) is 5.80. The van der Waals surface area contributed by atoms with Crippen molar-refractivity contribution in [3.63, 3.8) is 0 Å². The largest absolute Gasteiger partial charge is 0.349 e. The molecule has 2 aromatic heterocycles. The lowest BCUT2D eigenvalue weighted by molar-refractivity contribution is 0.0907. The molecule has 0 spiro atoms. The Morgan fingerprint density at radius 1 is 1.39 bits per heavy atom. The Bertz CT molecular complexity index is 683. The van der Waals surface area contributed by atoms with Gasteiger partial charge in [0.1, 0.15) is 5.65 Å². The highest BCUT2D eigenvalue weighted by molar-refractivity contribution is 5.95. The van der Waals surface area contributed by atoms with Crippen LogP contribution >= 0.6 is 0 Å². The fraction of sp³-hybridized carbons (Fsp3) is 0.556. The number of piperidine rings is 1. The van der Waals surface area contributed by atoms with E-state index in [9.17, 15) is 4.79 Å². The summed E-state index contributed by atoms with van der Waals surface area (Å²) in [5.74, 6) is 0.710. The van der Waals surface area contributed by atoms with E-state index in [1.165, 1.54) is 0 Å². The number of pyridine rings is 1. The molecule has 0 bridgehead atoms. The predicted octanol–water partition coefficient (Wildman–Crippen LogP) is 2.49. The number of hydrogen-bond donors (Lipinski definition) is 1. The van der Waals surface area contributed by atoms with Gasteiger partial charge in [-0.15, -0.1) is 0 Å². The maximum absolute atomic E-state index is 12.5. The maximum atomic E-state index is 12.5. The number of nitrogens with one attached hydrogen (secondary N) is 1. The number of carbonyl (C=O) groups is 1. The van der Waals surface area contributed by atoms with Gasteiger partial charge in [-0.25, -0.2) is 4.98 Å². The number of amides is 1. The second kappa shape index (κ2) is 6.71. The van der Waals surface area contributed by atoms with Gasteiger partial charge in [0.2, 0.25) is 0 Å².